The molecule has 5 heteroatoms. The molecule has 0 fully saturated rings. The van der Waals surface area contributed by atoms with E-state index < -0.39 is 4.92 Å². The van der Waals surface area contributed by atoms with E-state index in [2.05, 4.69) is 0 Å². The van der Waals surface area contributed by atoms with Gasteiger partial charge in [0.05, 0.1) is 4.92 Å². The van der Waals surface area contributed by atoms with E-state index in [4.69, 9.17) is 4.42 Å². The SMILES string of the molecule is O=[N+]([O-])/C=C/c1c(O)ccc2oc3c(c12)CCCC3. The first kappa shape index (κ1) is 11.8. The Morgan fingerprint density at radius 1 is 1.32 bits per heavy atom. The summed E-state index contributed by atoms with van der Waals surface area (Å²) in [7, 11) is 0. The Morgan fingerprint density at radius 3 is 2.89 bits per heavy atom. The lowest BCUT2D eigenvalue weighted by Gasteiger charge is -2.09. The summed E-state index contributed by atoms with van der Waals surface area (Å²) in [5, 5.41) is 21.2. The lowest BCUT2D eigenvalue weighted by molar-refractivity contribution is -0.400. The second-order valence-electron chi connectivity index (χ2n) is 4.68. The molecule has 1 aromatic heterocycles. The van der Waals surface area contributed by atoms with Crippen LogP contribution in [0.25, 0.3) is 17.0 Å². The molecule has 0 aliphatic heterocycles. The fraction of sp³-hybridized carbons (Fsp3) is 0.286. The monoisotopic (exact) mass is 259 g/mol. The number of fused-ring (bicyclic) bond motifs is 3. The molecule has 2 aromatic rings. The van der Waals surface area contributed by atoms with Crippen LogP contribution in [0.15, 0.2) is 22.7 Å². The van der Waals surface area contributed by atoms with Gasteiger partial charge in [-0.2, -0.15) is 0 Å². The van der Waals surface area contributed by atoms with Crippen LogP contribution in [0.5, 0.6) is 5.75 Å². The highest BCUT2D eigenvalue weighted by Gasteiger charge is 2.21. The van der Waals surface area contributed by atoms with Crippen LogP contribution in [0, 0.1) is 10.1 Å². The predicted octanol–water partition coefficient (Wildman–Crippen LogP) is 3.26. The number of hydrogen-bond donors (Lipinski definition) is 1. The van der Waals surface area contributed by atoms with Crippen molar-refractivity contribution in [2.24, 2.45) is 0 Å². The molecule has 0 saturated carbocycles. The molecule has 1 heterocycles. The van der Waals surface area contributed by atoms with Gasteiger partial charge in [-0.3, -0.25) is 10.1 Å². The minimum Gasteiger partial charge on any atom is -0.507 e. The van der Waals surface area contributed by atoms with Gasteiger partial charge in [0.2, 0.25) is 6.20 Å². The smallest absolute Gasteiger partial charge is 0.235 e. The van der Waals surface area contributed by atoms with Gasteiger partial charge in [-0.25, -0.2) is 0 Å². The maximum absolute atomic E-state index is 10.5. The number of furan rings is 1. The average Bonchev–Trinajstić information content (AvgIpc) is 2.76. The molecule has 1 N–H and O–H groups in total. The van der Waals surface area contributed by atoms with Crippen LogP contribution in [0.1, 0.15) is 29.7 Å². The van der Waals surface area contributed by atoms with E-state index >= 15 is 0 Å². The van der Waals surface area contributed by atoms with Crippen LogP contribution in [0.2, 0.25) is 0 Å². The zero-order chi connectivity index (χ0) is 13.4. The summed E-state index contributed by atoms with van der Waals surface area (Å²) in [5.74, 6) is 0.988. The Bertz CT molecular complexity index is 684. The normalized spacial score (nSPS) is 14.9. The van der Waals surface area contributed by atoms with Crippen molar-refractivity contribution in [3.8, 4) is 5.75 Å². The van der Waals surface area contributed by atoms with Crippen LogP contribution in [0.4, 0.5) is 0 Å². The second kappa shape index (κ2) is 4.42. The van der Waals surface area contributed by atoms with Crippen molar-refractivity contribution >= 4 is 17.0 Å². The molecule has 0 saturated heterocycles. The largest absolute Gasteiger partial charge is 0.507 e. The lowest BCUT2D eigenvalue weighted by Crippen LogP contribution is -1.99. The molecule has 1 aromatic carbocycles. The van der Waals surface area contributed by atoms with Crippen LogP contribution in [-0.2, 0) is 12.8 Å². The highest BCUT2D eigenvalue weighted by molar-refractivity contribution is 5.93. The molecule has 0 amide bonds. The average molecular weight is 259 g/mol. The molecule has 0 radical (unpaired) electrons. The van der Waals surface area contributed by atoms with Crippen LogP contribution in [0.3, 0.4) is 0 Å². The van der Waals surface area contributed by atoms with Gasteiger partial charge in [-0.1, -0.05) is 0 Å². The van der Waals surface area contributed by atoms with Crippen molar-refractivity contribution in [1.82, 2.24) is 0 Å². The van der Waals surface area contributed by atoms with E-state index in [9.17, 15) is 15.2 Å². The number of phenolic OH excluding ortho intramolecular Hbond substituents is 1. The van der Waals surface area contributed by atoms with E-state index in [0.29, 0.717) is 11.1 Å². The Kier molecular flexibility index (Phi) is 2.74. The topological polar surface area (TPSA) is 76.5 Å². The maximum atomic E-state index is 10.5. The molecule has 0 bridgehead atoms. The quantitative estimate of drug-likeness (QED) is 0.663. The van der Waals surface area contributed by atoms with E-state index in [1.807, 2.05) is 0 Å². The first-order valence-corrected chi connectivity index (χ1v) is 6.25. The molecule has 1 aliphatic rings. The minimum absolute atomic E-state index is 0.0415. The van der Waals surface area contributed by atoms with E-state index in [1.165, 1.54) is 12.1 Å². The van der Waals surface area contributed by atoms with E-state index in [-0.39, 0.29) is 5.75 Å². The summed E-state index contributed by atoms with van der Waals surface area (Å²) < 4.78 is 5.78. The Labute approximate surface area is 109 Å². The van der Waals surface area contributed by atoms with Crippen LogP contribution < -0.4 is 0 Å². The molecular weight excluding hydrogens is 246 g/mol. The van der Waals surface area contributed by atoms with Gasteiger partial charge in [-0.05, 0) is 31.4 Å². The molecule has 5 nitrogen and oxygen atoms in total. The second-order valence-corrected chi connectivity index (χ2v) is 4.68. The van der Waals surface area contributed by atoms with Gasteiger partial charge >= 0.3 is 0 Å². The summed E-state index contributed by atoms with van der Waals surface area (Å²) in [6, 6.07) is 3.23. The fourth-order valence-corrected chi connectivity index (χ4v) is 2.68. The fourth-order valence-electron chi connectivity index (χ4n) is 2.68. The van der Waals surface area contributed by atoms with E-state index in [0.717, 1.165) is 48.6 Å². The molecule has 3 rings (SSSR count). The summed E-state index contributed by atoms with van der Waals surface area (Å²) in [6.45, 7) is 0. The molecule has 0 spiro atoms. The highest BCUT2D eigenvalue weighted by Crippen LogP contribution is 2.37. The first-order chi connectivity index (χ1) is 9.16. The Balaban J connectivity index is 2.26. The number of nitro groups is 1. The molecule has 0 atom stereocenters. The number of hydrogen-bond acceptors (Lipinski definition) is 4. The van der Waals surface area contributed by atoms with Crippen molar-refractivity contribution in [2.75, 3.05) is 0 Å². The van der Waals surface area contributed by atoms with Gasteiger partial charge in [0.15, 0.2) is 0 Å². The predicted molar refractivity (Wildman–Crippen MR) is 70.5 cm³/mol. The minimum atomic E-state index is -0.537. The molecule has 0 unspecified atom stereocenters. The summed E-state index contributed by atoms with van der Waals surface area (Å²) in [4.78, 5) is 9.92. The van der Waals surface area contributed by atoms with Crippen LogP contribution >= 0.6 is 0 Å². The third-order valence-corrected chi connectivity index (χ3v) is 3.50. The van der Waals surface area contributed by atoms with Gasteiger partial charge in [-0.15, -0.1) is 0 Å². The molecule has 98 valence electrons. The third-order valence-electron chi connectivity index (χ3n) is 3.50. The zero-order valence-electron chi connectivity index (χ0n) is 10.3. The Hall–Kier alpha value is -2.30. The molecule has 1 aliphatic carbocycles. The van der Waals surface area contributed by atoms with Crippen molar-refractivity contribution in [2.45, 2.75) is 25.7 Å². The highest BCUT2D eigenvalue weighted by atomic mass is 16.6. The van der Waals surface area contributed by atoms with Crippen LogP contribution in [-0.4, -0.2) is 10.0 Å². The maximum Gasteiger partial charge on any atom is 0.235 e. The van der Waals surface area contributed by atoms with Crippen molar-refractivity contribution < 1.29 is 14.4 Å². The van der Waals surface area contributed by atoms with Gasteiger partial charge in [0, 0.05) is 29.0 Å². The standard InChI is InChI=1S/C14H13NO4/c16-11-5-6-13-14(9(11)7-8-15(17)18)10-3-1-2-4-12(10)19-13/h5-8,16H,1-4H2/b8-7+. The number of benzene rings is 1. The van der Waals surface area contributed by atoms with Gasteiger partial charge in [0.1, 0.15) is 17.1 Å². The number of phenols is 1. The van der Waals surface area contributed by atoms with Crippen molar-refractivity contribution in [1.29, 1.82) is 0 Å². The van der Waals surface area contributed by atoms with Gasteiger partial charge in [0.25, 0.3) is 0 Å². The zero-order valence-corrected chi connectivity index (χ0v) is 10.3. The summed E-state index contributed by atoms with van der Waals surface area (Å²) >= 11 is 0. The number of aryl methyl sites for hydroxylation is 2. The van der Waals surface area contributed by atoms with Crippen molar-refractivity contribution in [3.05, 3.63) is 45.3 Å². The van der Waals surface area contributed by atoms with Gasteiger partial charge < -0.3 is 9.52 Å². The summed E-state index contributed by atoms with van der Waals surface area (Å²) in [5.41, 5.74) is 2.24. The Morgan fingerprint density at radius 2 is 2.11 bits per heavy atom. The number of rotatable bonds is 2. The molecule has 19 heavy (non-hydrogen) atoms. The first-order valence-electron chi connectivity index (χ1n) is 6.25. The molecular formula is C14H13NO4. The third kappa shape index (κ3) is 1.97. The number of aromatic hydroxyl groups is 1. The van der Waals surface area contributed by atoms with Crippen molar-refractivity contribution in [3.63, 3.8) is 0 Å². The summed E-state index contributed by atoms with van der Waals surface area (Å²) in [6.07, 6.45) is 6.14. The number of nitrogens with zero attached hydrogens (tertiary/aromatic N) is 1. The van der Waals surface area contributed by atoms with E-state index in [1.54, 1.807) is 6.07 Å². The lowest BCUT2D eigenvalue weighted by atomic mass is 9.93.